The number of nitrogens with one attached hydrogen (secondary N) is 1. The summed E-state index contributed by atoms with van der Waals surface area (Å²) in [6.07, 6.45) is 7.85. The minimum atomic E-state index is -0.661. The van der Waals surface area contributed by atoms with E-state index in [1.165, 1.54) is 0 Å². The van der Waals surface area contributed by atoms with Crippen molar-refractivity contribution in [1.29, 1.82) is 0 Å². The Bertz CT molecular complexity index is 886. The van der Waals surface area contributed by atoms with Crippen LogP contribution in [0.4, 0.5) is 0 Å². The quantitative estimate of drug-likeness (QED) is 0.673. The molecule has 0 bridgehead atoms. The van der Waals surface area contributed by atoms with Gasteiger partial charge in [-0.05, 0) is 52.9 Å². The van der Waals surface area contributed by atoms with Crippen molar-refractivity contribution in [3.8, 4) is 0 Å². The third-order valence-corrected chi connectivity index (χ3v) is 4.49. The lowest BCUT2D eigenvalue weighted by molar-refractivity contribution is -0.120. The number of benzene rings is 1. The van der Waals surface area contributed by atoms with Gasteiger partial charge < -0.3 is 5.73 Å². The molecule has 0 aliphatic carbocycles. The Morgan fingerprint density at radius 2 is 1.77 bits per heavy atom. The zero-order chi connectivity index (χ0) is 18.4. The standard InChI is InChI=1S/C20H19ClN4O/c21-18-4-2-1-3-17(18)19(20(22)26)25-13-15-7-10-24-12-16(15)11-14-5-8-23-9-6-14/h1-10,12,19,25H,11,13H2,(H2,22,26). The highest BCUT2D eigenvalue weighted by Gasteiger charge is 2.20. The van der Waals surface area contributed by atoms with Gasteiger partial charge in [-0.2, -0.15) is 0 Å². The van der Waals surface area contributed by atoms with Gasteiger partial charge in [0.1, 0.15) is 6.04 Å². The topological polar surface area (TPSA) is 80.9 Å². The highest BCUT2D eigenvalue weighted by molar-refractivity contribution is 6.31. The molecule has 0 aliphatic rings. The van der Waals surface area contributed by atoms with E-state index >= 15 is 0 Å². The molecule has 3 rings (SSSR count). The van der Waals surface area contributed by atoms with Crippen LogP contribution < -0.4 is 11.1 Å². The van der Waals surface area contributed by atoms with Gasteiger partial charge in [0, 0.05) is 36.4 Å². The Labute approximate surface area is 157 Å². The Hall–Kier alpha value is -2.76. The van der Waals surface area contributed by atoms with Gasteiger partial charge in [-0.1, -0.05) is 29.8 Å². The molecule has 2 aromatic heterocycles. The second-order valence-corrected chi connectivity index (χ2v) is 6.32. The first-order valence-corrected chi connectivity index (χ1v) is 8.60. The number of hydrogen-bond donors (Lipinski definition) is 2. The predicted molar refractivity (Wildman–Crippen MR) is 102 cm³/mol. The minimum Gasteiger partial charge on any atom is -0.368 e. The maximum absolute atomic E-state index is 11.9. The van der Waals surface area contributed by atoms with Crippen molar-refractivity contribution in [3.63, 3.8) is 0 Å². The van der Waals surface area contributed by atoms with Crippen molar-refractivity contribution < 1.29 is 4.79 Å². The second kappa shape index (κ2) is 8.56. The molecule has 26 heavy (non-hydrogen) atoms. The SMILES string of the molecule is NC(=O)C(NCc1ccncc1Cc1ccncc1)c1ccccc1Cl. The van der Waals surface area contributed by atoms with Gasteiger partial charge in [0.25, 0.3) is 0 Å². The molecule has 1 amide bonds. The van der Waals surface area contributed by atoms with Gasteiger partial charge in [-0.15, -0.1) is 0 Å². The maximum atomic E-state index is 11.9. The van der Waals surface area contributed by atoms with Crippen LogP contribution in [0.2, 0.25) is 5.02 Å². The van der Waals surface area contributed by atoms with Gasteiger partial charge in [0.15, 0.2) is 0 Å². The van der Waals surface area contributed by atoms with Crippen LogP contribution in [0.3, 0.4) is 0 Å². The van der Waals surface area contributed by atoms with Crippen LogP contribution in [0.15, 0.2) is 67.3 Å². The molecule has 0 radical (unpaired) electrons. The van der Waals surface area contributed by atoms with E-state index in [0.717, 1.165) is 23.1 Å². The molecule has 0 spiro atoms. The van der Waals surface area contributed by atoms with E-state index in [1.54, 1.807) is 30.7 Å². The van der Waals surface area contributed by atoms with Gasteiger partial charge in [0.05, 0.1) is 0 Å². The van der Waals surface area contributed by atoms with E-state index in [-0.39, 0.29) is 0 Å². The van der Waals surface area contributed by atoms with Crippen LogP contribution in [0.1, 0.15) is 28.3 Å². The molecule has 0 aliphatic heterocycles. The summed E-state index contributed by atoms with van der Waals surface area (Å²) in [4.78, 5) is 20.2. The monoisotopic (exact) mass is 366 g/mol. The highest BCUT2D eigenvalue weighted by atomic mass is 35.5. The molecule has 3 aromatic rings. The molecule has 6 heteroatoms. The number of hydrogen-bond acceptors (Lipinski definition) is 4. The van der Waals surface area contributed by atoms with Crippen LogP contribution in [0.25, 0.3) is 0 Å². The molecule has 0 fully saturated rings. The van der Waals surface area contributed by atoms with Gasteiger partial charge >= 0.3 is 0 Å². The Balaban J connectivity index is 1.78. The van der Waals surface area contributed by atoms with E-state index in [2.05, 4.69) is 15.3 Å². The molecule has 1 aromatic carbocycles. The van der Waals surface area contributed by atoms with Crippen molar-refractivity contribution in [1.82, 2.24) is 15.3 Å². The number of aromatic nitrogens is 2. The van der Waals surface area contributed by atoms with E-state index < -0.39 is 11.9 Å². The fourth-order valence-corrected chi connectivity index (χ4v) is 3.04. The second-order valence-electron chi connectivity index (χ2n) is 5.91. The predicted octanol–water partition coefficient (Wildman–Crippen LogP) is 3.04. The van der Waals surface area contributed by atoms with E-state index in [9.17, 15) is 4.79 Å². The van der Waals surface area contributed by atoms with Crippen LogP contribution in [0.5, 0.6) is 0 Å². The summed E-state index contributed by atoms with van der Waals surface area (Å²) >= 11 is 6.22. The van der Waals surface area contributed by atoms with Crippen LogP contribution in [0, 0.1) is 0 Å². The number of carbonyl (C=O) groups is 1. The molecule has 1 atom stereocenters. The van der Waals surface area contributed by atoms with Crippen molar-refractivity contribution in [3.05, 3.63) is 94.5 Å². The Kier molecular flexibility index (Phi) is 5.94. The molecule has 2 heterocycles. The van der Waals surface area contributed by atoms with E-state index in [4.69, 9.17) is 17.3 Å². The highest BCUT2D eigenvalue weighted by Crippen LogP contribution is 2.23. The normalized spacial score (nSPS) is 11.9. The summed E-state index contributed by atoms with van der Waals surface area (Å²) in [6, 6.07) is 12.4. The fraction of sp³-hybridized carbons (Fsp3) is 0.150. The first-order valence-electron chi connectivity index (χ1n) is 8.23. The molecule has 0 saturated carbocycles. The third-order valence-electron chi connectivity index (χ3n) is 4.15. The summed E-state index contributed by atoms with van der Waals surface area (Å²) in [7, 11) is 0. The van der Waals surface area contributed by atoms with Crippen molar-refractivity contribution in [2.45, 2.75) is 19.0 Å². The molecule has 5 nitrogen and oxygen atoms in total. The number of rotatable bonds is 7. The molecular formula is C20H19ClN4O. The first-order chi connectivity index (χ1) is 12.6. The van der Waals surface area contributed by atoms with Gasteiger partial charge in [-0.3, -0.25) is 20.1 Å². The first kappa shape index (κ1) is 18.0. The minimum absolute atomic E-state index is 0.470. The number of carbonyl (C=O) groups excluding carboxylic acids is 1. The van der Waals surface area contributed by atoms with Crippen LogP contribution in [-0.4, -0.2) is 15.9 Å². The molecule has 1 unspecified atom stereocenters. The third kappa shape index (κ3) is 4.45. The van der Waals surface area contributed by atoms with E-state index in [1.807, 2.05) is 36.5 Å². The zero-order valence-corrected chi connectivity index (χ0v) is 14.9. The summed E-state index contributed by atoms with van der Waals surface area (Å²) in [5.41, 5.74) is 9.53. The molecule has 132 valence electrons. The summed E-state index contributed by atoms with van der Waals surface area (Å²) < 4.78 is 0. The Morgan fingerprint density at radius 3 is 2.50 bits per heavy atom. The smallest absolute Gasteiger partial charge is 0.239 e. The molecule has 3 N–H and O–H groups in total. The van der Waals surface area contributed by atoms with E-state index in [0.29, 0.717) is 17.1 Å². The number of primary amides is 1. The van der Waals surface area contributed by atoms with Crippen LogP contribution in [-0.2, 0) is 17.8 Å². The lowest BCUT2D eigenvalue weighted by Crippen LogP contribution is -2.33. The van der Waals surface area contributed by atoms with Crippen molar-refractivity contribution in [2.24, 2.45) is 5.73 Å². The molecular weight excluding hydrogens is 348 g/mol. The number of halogens is 1. The Morgan fingerprint density at radius 1 is 1.04 bits per heavy atom. The summed E-state index contributed by atoms with van der Waals surface area (Å²) in [5, 5.41) is 3.73. The number of nitrogens with zero attached hydrogens (tertiary/aromatic N) is 2. The summed E-state index contributed by atoms with van der Waals surface area (Å²) in [5.74, 6) is -0.470. The average Bonchev–Trinajstić information content (AvgIpc) is 2.65. The maximum Gasteiger partial charge on any atom is 0.239 e. The molecule has 0 saturated heterocycles. The number of pyridine rings is 2. The van der Waals surface area contributed by atoms with Crippen molar-refractivity contribution in [2.75, 3.05) is 0 Å². The summed E-state index contributed by atoms with van der Waals surface area (Å²) in [6.45, 7) is 0.474. The van der Waals surface area contributed by atoms with Gasteiger partial charge in [-0.25, -0.2) is 0 Å². The largest absolute Gasteiger partial charge is 0.368 e. The number of amides is 1. The van der Waals surface area contributed by atoms with Gasteiger partial charge in [0.2, 0.25) is 5.91 Å². The fourth-order valence-electron chi connectivity index (χ4n) is 2.79. The van der Waals surface area contributed by atoms with Crippen molar-refractivity contribution >= 4 is 17.5 Å². The zero-order valence-electron chi connectivity index (χ0n) is 14.1. The number of nitrogens with two attached hydrogens (primary N) is 1. The lowest BCUT2D eigenvalue weighted by Gasteiger charge is -2.18. The van der Waals surface area contributed by atoms with Crippen LogP contribution >= 0.6 is 11.6 Å². The lowest BCUT2D eigenvalue weighted by atomic mass is 10.0. The average molecular weight is 367 g/mol.